The van der Waals surface area contributed by atoms with Crippen LogP contribution in [0.5, 0.6) is 11.5 Å². The molecule has 0 aliphatic carbocycles. The highest BCUT2D eigenvalue weighted by molar-refractivity contribution is 6.01. The van der Waals surface area contributed by atoms with Gasteiger partial charge in [0, 0.05) is 11.1 Å². The predicted octanol–water partition coefficient (Wildman–Crippen LogP) is 5.25. The molecule has 0 aliphatic rings. The van der Waals surface area contributed by atoms with Crippen LogP contribution < -0.4 is 9.47 Å². The normalized spacial score (nSPS) is 11.5. The average Bonchev–Trinajstić information content (AvgIpc) is 2.78. The largest absolute Gasteiger partial charge is 0.494 e. The molecule has 31 heavy (non-hydrogen) atoms. The van der Waals surface area contributed by atoms with Crippen LogP contribution in [0.25, 0.3) is 0 Å². The number of carbonyl (C=O) groups is 2. The van der Waals surface area contributed by atoms with Gasteiger partial charge in [0.2, 0.25) is 5.78 Å². The fourth-order valence-corrected chi connectivity index (χ4v) is 2.99. The van der Waals surface area contributed by atoms with Gasteiger partial charge in [-0.05, 0) is 45.0 Å². The summed E-state index contributed by atoms with van der Waals surface area (Å²) in [6.45, 7) is 6.07. The molecule has 0 radical (unpaired) electrons. The fraction of sp³-hybridized carbons (Fsp3) is 0.231. The van der Waals surface area contributed by atoms with E-state index in [1.807, 2.05) is 45.0 Å². The second-order valence-corrected chi connectivity index (χ2v) is 7.20. The molecule has 0 N–H and O–H groups in total. The summed E-state index contributed by atoms with van der Waals surface area (Å²) in [6.07, 6.45) is -1.04. The lowest BCUT2D eigenvalue weighted by molar-refractivity contribution is -0.149. The maximum atomic E-state index is 13.1. The summed E-state index contributed by atoms with van der Waals surface area (Å²) >= 11 is 0. The van der Waals surface area contributed by atoms with Gasteiger partial charge >= 0.3 is 5.97 Å². The summed E-state index contributed by atoms with van der Waals surface area (Å²) in [4.78, 5) is 25.6. The molecular weight excluding hydrogens is 392 g/mol. The Morgan fingerprint density at radius 1 is 0.742 bits per heavy atom. The van der Waals surface area contributed by atoms with Gasteiger partial charge in [0.05, 0.1) is 6.61 Å². The van der Waals surface area contributed by atoms with Gasteiger partial charge in [0.1, 0.15) is 11.5 Å². The Balaban J connectivity index is 1.71. The molecule has 0 spiro atoms. The molecule has 0 aliphatic heterocycles. The van der Waals surface area contributed by atoms with Crippen molar-refractivity contribution >= 4 is 11.8 Å². The van der Waals surface area contributed by atoms with Crippen molar-refractivity contribution in [2.45, 2.75) is 26.9 Å². The molecular formula is C26H26O5. The van der Waals surface area contributed by atoms with E-state index in [1.165, 1.54) is 0 Å². The lowest BCUT2D eigenvalue weighted by Crippen LogP contribution is -2.23. The van der Waals surface area contributed by atoms with Crippen LogP contribution in [0, 0.1) is 13.8 Å². The number of ketones is 1. The van der Waals surface area contributed by atoms with Crippen molar-refractivity contribution in [1.29, 1.82) is 0 Å². The van der Waals surface area contributed by atoms with Crippen molar-refractivity contribution in [3.8, 4) is 11.5 Å². The van der Waals surface area contributed by atoms with E-state index in [4.69, 9.17) is 14.2 Å². The van der Waals surface area contributed by atoms with Gasteiger partial charge in [-0.15, -0.1) is 0 Å². The molecule has 0 saturated heterocycles. The molecule has 3 rings (SSSR count). The molecule has 0 bridgehead atoms. The van der Waals surface area contributed by atoms with E-state index in [2.05, 4.69) is 0 Å². The molecule has 0 fully saturated rings. The van der Waals surface area contributed by atoms with Crippen LogP contribution in [0.4, 0.5) is 0 Å². The number of rotatable bonds is 9. The Bertz CT molecular complexity index is 1010. The van der Waals surface area contributed by atoms with Gasteiger partial charge in [-0.3, -0.25) is 4.79 Å². The molecule has 5 heteroatoms. The Kier molecular flexibility index (Phi) is 7.44. The molecule has 0 aromatic heterocycles. The smallest absolute Gasteiger partial charge is 0.345 e. The van der Waals surface area contributed by atoms with Crippen molar-refractivity contribution in [2.75, 3.05) is 13.2 Å². The summed E-state index contributed by atoms with van der Waals surface area (Å²) in [6, 6.07) is 21.5. The summed E-state index contributed by atoms with van der Waals surface area (Å²) in [5, 5.41) is 0. The standard InChI is InChI=1S/C26H26O5/c1-4-29-22-13-15-23(16-14-22)30-17-24(27)31-26(21-11-7-19(3)8-12-21)25(28)20-9-5-18(2)6-10-20/h5-16,26H,4,17H2,1-3H3/t26-/m1/s1. The van der Waals surface area contributed by atoms with Gasteiger partial charge in [0.25, 0.3) is 0 Å². The van der Waals surface area contributed by atoms with Crippen LogP contribution in [0.3, 0.4) is 0 Å². The SMILES string of the molecule is CCOc1ccc(OCC(=O)O[C@@H](C(=O)c2ccc(C)cc2)c2ccc(C)cc2)cc1. The highest BCUT2D eigenvalue weighted by Crippen LogP contribution is 2.24. The van der Waals surface area contributed by atoms with Crippen molar-refractivity contribution in [1.82, 2.24) is 0 Å². The van der Waals surface area contributed by atoms with Crippen LogP contribution in [0.1, 0.15) is 40.1 Å². The first-order valence-corrected chi connectivity index (χ1v) is 10.2. The van der Waals surface area contributed by atoms with E-state index in [1.54, 1.807) is 48.5 Å². The Labute approximate surface area is 182 Å². The summed E-state index contributed by atoms with van der Waals surface area (Å²) < 4.78 is 16.5. The first kappa shape index (κ1) is 22.1. The number of ether oxygens (including phenoxy) is 3. The summed E-state index contributed by atoms with van der Waals surface area (Å²) in [7, 11) is 0. The van der Waals surface area contributed by atoms with Crippen LogP contribution in [0.15, 0.2) is 72.8 Å². The Morgan fingerprint density at radius 2 is 1.26 bits per heavy atom. The highest BCUT2D eigenvalue weighted by atomic mass is 16.6. The van der Waals surface area contributed by atoms with Gasteiger partial charge in [-0.25, -0.2) is 4.79 Å². The minimum atomic E-state index is -1.04. The molecule has 0 heterocycles. The van der Waals surface area contributed by atoms with E-state index in [0.29, 0.717) is 23.5 Å². The van der Waals surface area contributed by atoms with Crippen LogP contribution >= 0.6 is 0 Å². The molecule has 5 nitrogen and oxygen atoms in total. The van der Waals surface area contributed by atoms with E-state index < -0.39 is 12.1 Å². The number of benzene rings is 3. The Hall–Kier alpha value is -3.60. The van der Waals surface area contributed by atoms with E-state index in [-0.39, 0.29) is 12.4 Å². The predicted molar refractivity (Wildman–Crippen MR) is 119 cm³/mol. The molecule has 0 saturated carbocycles. The number of hydrogen-bond acceptors (Lipinski definition) is 5. The van der Waals surface area contributed by atoms with Crippen molar-refractivity contribution in [2.24, 2.45) is 0 Å². The van der Waals surface area contributed by atoms with E-state index in [9.17, 15) is 9.59 Å². The maximum Gasteiger partial charge on any atom is 0.345 e. The molecule has 0 amide bonds. The van der Waals surface area contributed by atoms with Crippen LogP contribution in [-0.4, -0.2) is 25.0 Å². The molecule has 3 aromatic carbocycles. The molecule has 160 valence electrons. The van der Waals surface area contributed by atoms with Gasteiger partial charge < -0.3 is 14.2 Å². The number of carbonyl (C=O) groups excluding carboxylic acids is 2. The third kappa shape index (κ3) is 6.19. The fourth-order valence-electron chi connectivity index (χ4n) is 2.99. The van der Waals surface area contributed by atoms with Crippen molar-refractivity contribution in [3.05, 3.63) is 95.1 Å². The third-order valence-electron chi connectivity index (χ3n) is 4.70. The van der Waals surface area contributed by atoms with Gasteiger partial charge in [-0.1, -0.05) is 59.7 Å². The Morgan fingerprint density at radius 3 is 1.81 bits per heavy atom. The summed E-state index contributed by atoms with van der Waals surface area (Å²) in [5.74, 6) is 0.330. The zero-order valence-corrected chi connectivity index (χ0v) is 18.0. The van der Waals surface area contributed by atoms with E-state index in [0.717, 1.165) is 16.9 Å². The van der Waals surface area contributed by atoms with Crippen molar-refractivity contribution in [3.63, 3.8) is 0 Å². The first-order chi connectivity index (χ1) is 15.0. The molecule has 3 aromatic rings. The van der Waals surface area contributed by atoms with Crippen molar-refractivity contribution < 1.29 is 23.8 Å². The zero-order chi connectivity index (χ0) is 22.2. The number of Topliss-reactive ketones (excluding diaryl/α,β-unsaturated/α-hetero) is 1. The zero-order valence-electron chi connectivity index (χ0n) is 18.0. The number of hydrogen-bond donors (Lipinski definition) is 0. The minimum Gasteiger partial charge on any atom is -0.494 e. The van der Waals surface area contributed by atoms with Gasteiger partial charge in [-0.2, -0.15) is 0 Å². The quantitative estimate of drug-likeness (QED) is 0.351. The minimum absolute atomic E-state index is 0.279. The average molecular weight is 418 g/mol. The lowest BCUT2D eigenvalue weighted by Gasteiger charge is -2.18. The lowest BCUT2D eigenvalue weighted by atomic mass is 9.98. The maximum absolute atomic E-state index is 13.1. The monoisotopic (exact) mass is 418 g/mol. The summed E-state index contributed by atoms with van der Waals surface area (Å²) in [5.41, 5.74) is 3.20. The topological polar surface area (TPSA) is 61.8 Å². The third-order valence-corrected chi connectivity index (χ3v) is 4.70. The van der Waals surface area contributed by atoms with Gasteiger partial charge in [0.15, 0.2) is 12.7 Å². The van der Waals surface area contributed by atoms with Crippen LogP contribution in [-0.2, 0) is 9.53 Å². The number of aryl methyl sites for hydroxylation is 2. The molecule has 0 unspecified atom stereocenters. The number of esters is 1. The molecule has 1 atom stereocenters. The first-order valence-electron chi connectivity index (χ1n) is 10.2. The van der Waals surface area contributed by atoms with E-state index >= 15 is 0 Å². The van der Waals surface area contributed by atoms with Crippen LogP contribution in [0.2, 0.25) is 0 Å². The highest BCUT2D eigenvalue weighted by Gasteiger charge is 2.26. The second kappa shape index (κ2) is 10.4. The second-order valence-electron chi connectivity index (χ2n) is 7.20.